The van der Waals surface area contributed by atoms with Crippen LogP contribution in [0, 0.1) is 5.92 Å². The molecule has 1 aliphatic carbocycles. The van der Waals surface area contributed by atoms with E-state index in [-0.39, 0.29) is 18.1 Å². The molecule has 3 aromatic rings. The van der Waals surface area contributed by atoms with Gasteiger partial charge in [-0.15, -0.1) is 23.1 Å². The summed E-state index contributed by atoms with van der Waals surface area (Å²) in [5.41, 5.74) is 1.15. The summed E-state index contributed by atoms with van der Waals surface area (Å²) in [5.74, 6) is 2.30. The van der Waals surface area contributed by atoms with Gasteiger partial charge in [0.25, 0.3) is 5.56 Å². The highest BCUT2D eigenvalue weighted by molar-refractivity contribution is 7.99. The van der Waals surface area contributed by atoms with E-state index in [2.05, 4.69) is 15.3 Å². The molecule has 4 rings (SSSR count). The lowest BCUT2D eigenvalue weighted by atomic mass is 10.3. The number of carbonyl (C=O) groups is 1. The number of nitrogens with one attached hydrogen (secondary N) is 2. The maximum atomic E-state index is 12.5. The minimum Gasteiger partial charge on any atom is -0.320 e. The molecule has 28 heavy (non-hydrogen) atoms. The van der Waals surface area contributed by atoms with E-state index >= 15 is 0 Å². The fourth-order valence-corrected chi connectivity index (χ4v) is 4.87. The summed E-state index contributed by atoms with van der Waals surface area (Å²) in [6, 6.07) is 7.00. The molecule has 9 heteroatoms. The first-order chi connectivity index (χ1) is 13.5. The Morgan fingerprint density at radius 1 is 1.43 bits per heavy atom. The smallest absolute Gasteiger partial charge is 0.320 e. The fourth-order valence-electron chi connectivity index (χ4n) is 2.70. The van der Waals surface area contributed by atoms with Gasteiger partial charge in [-0.25, -0.2) is 9.78 Å². The van der Waals surface area contributed by atoms with Crippen molar-refractivity contribution in [1.82, 2.24) is 14.9 Å². The zero-order chi connectivity index (χ0) is 19.7. The maximum absolute atomic E-state index is 12.5. The first-order valence-electron chi connectivity index (χ1n) is 8.90. The number of fused-ring (bicyclic) bond motifs is 1. The van der Waals surface area contributed by atoms with E-state index < -0.39 is 0 Å². The van der Waals surface area contributed by atoms with Crippen molar-refractivity contribution in [3.63, 3.8) is 0 Å². The molecule has 0 unspecified atom stereocenters. The lowest BCUT2D eigenvalue weighted by molar-refractivity contribution is 0.219. The summed E-state index contributed by atoms with van der Waals surface area (Å²) in [6.45, 7) is 0.198. The lowest BCUT2D eigenvalue weighted by Gasteiger charge is -2.18. The average molecular weight is 435 g/mol. The number of aromatic amines is 1. The van der Waals surface area contributed by atoms with Crippen LogP contribution in [0.5, 0.6) is 0 Å². The SMILES string of the molecule is CN(Cc1nc2ccsc2c(=O)[nH]1)C(=O)Nc1ccc(Cl)c(SCC2CC2)c1. The zero-order valence-corrected chi connectivity index (χ0v) is 17.6. The minimum absolute atomic E-state index is 0.182. The number of carbonyl (C=O) groups excluding carboxylic acids is 1. The van der Waals surface area contributed by atoms with Gasteiger partial charge in [-0.3, -0.25) is 4.79 Å². The number of thiophene rings is 1. The second kappa shape index (κ2) is 8.14. The Bertz CT molecular complexity index is 1080. The third-order valence-corrected chi connectivity index (χ3v) is 7.08. The molecule has 146 valence electrons. The fraction of sp³-hybridized carbons (Fsp3) is 0.316. The molecule has 2 N–H and O–H groups in total. The molecular formula is C19H19ClN4O2S2. The monoisotopic (exact) mass is 434 g/mol. The van der Waals surface area contributed by atoms with Gasteiger partial charge in [0.05, 0.1) is 17.1 Å². The van der Waals surface area contributed by atoms with Gasteiger partial charge in [0.1, 0.15) is 10.5 Å². The molecule has 0 atom stereocenters. The number of anilines is 1. The number of benzene rings is 1. The zero-order valence-electron chi connectivity index (χ0n) is 15.2. The summed E-state index contributed by atoms with van der Waals surface area (Å²) in [4.78, 5) is 34.2. The van der Waals surface area contributed by atoms with Crippen LogP contribution in [0.3, 0.4) is 0 Å². The summed E-state index contributed by atoms with van der Waals surface area (Å²) in [6.07, 6.45) is 2.58. The number of aromatic nitrogens is 2. The number of thioether (sulfide) groups is 1. The molecule has 2 heterocycles. The van der Waals surface area contributed by atoms with Crippen LogP contribution in [0.4, 0.5) is 10.5 Å². The van der Waals surface area contributed by atoms with Crippen LogP contribution in [0.2, 0.25) is 5.02 Å². The summed E-state index contributed by atoms with van der Waals surface area (Å²) >= 11 is 9.35. The Morgan fingerprint density at radius 2 is 2.25 bits per heavy atom. The van der Waals surface area contributed by atoms with Crippen molar-refractivity contribution in [3.05, 3.63) is 50.8 Å². The topological polar surface area (TPSA) is 78.1 Å². The number of urea groups is 1. The molecule has 0 saturated heterocycles. The molecule has 0 spiro atoms. The van der Waals surface area contributed by atoms with Gasteiger partial charge in [0.15, 0.2) is 0 Å². The van der Waals surface area contributed by atoms with Crippen LogP contribution in [-0.2, 0) is 6.54 Å². The van der Waals surface area contributed by atoms with Crippen molar-refractivity contribution in [2.45, 2.75) is 24.3 Å². The largest absolute Gasteiger partial charge is 0.321 e. The second-order valence-corrected chi connectivity index (χ2v) is 9.22. The Balaban J connectivity index is 1.42. The molecule has 0 radical (unpaired) electrons. The lowest BCUT2D eigenvalue weighted by Crippen LogP contribution is -2.32. The molecule has 1 aromatic carbocycles. The van der Waals surface area contributed by atoms with Crippen LogP contribution in [0.15, 0.2) is 39.3 Å². The number of hydrogen-bond acceptors (Lipinski definition) is 5. The average Bonchev–Trinajstić information content (AvgIpc) is 3.37. The molecule has 2 aromatic heterocycles. The van der Waals surface area contributed by atoms with E-state index in [1.165, 1.54) is 29.1 Å². The Labute approximate surface area is 175 Å². The predicted molar refractivity (Wildman–Crippen MR) is 116 cm³/mol. The summed E-state index contributed by atoms with van der Waals surface area (Å²) in [5, 5.41) is 5.40. The minimum atomic E-state index is -0.284. The first-order valence-corrected chi connectivity index (χ1v) is 11.1. The Morgan fingerprint density at radius 3 is 3.04 bits per heavy atom. The van der Waals surface area contributed by atoms with Crippen LogP contribution >= 0.6 is 34.7 Å². The second-order valence-electron chi connectivity index (χ2n) is 6.83. The highest BCUT2D eigenvalue weighted by Gasteiger charge is 2.21. The van der Waals surface area contributed by atoms with Gasteiger partial charge in [0, 0.05) is 23.4 Å². The van der Waals surface area contributed by atoms with Gasteiger partial charge < -0.3 is 15.2 Å². The molecule has 0 bridgehead atoms. The van der Waals surface area contributed by atoms with Crippen molar-refractivity contribution in [2.75, 3.05) is 18.1 Å². The molecule has 1 saturated carbocycles. The van der Waals surface area contributed by atoms with Crippen LogP contribution in [-0.4, -0.2) is 33.7 Å². The van der Waals surface area contributed by atoms with Crippen molar-refractivity contribution < 1.29 is 4.79 Å². The van der Waals surface area contributed by atoms with E-state index in [1.54, 1.807) is 37.0 Å². The van der Waals surface area contributed by atoms with E-state index in [4.69, 9.17) is 11.6 Å². The highest BCUT2D eigenvalue weighted by Crippen LogP contribution is 2.38. The van der Waals surface area contributed by atoms with E-state index in [0.29, 0.717) is 26.8 Å². The first kappa shape index (κ1) is 19.3. The van der Waals surface area contributed by atoms with Crippen LogP contribution in [0.1, 0.15) is 18.7 Å². The third kappa shape index (κ3) is 4.51. The quantitative estimate of drug-likeness (QED) is 0.546. The molecule has 6 nitrogen and oxygen atoms in total. The number of halogens is 1. The number of amides is 2. The van der Waals surface area contributed by atoms with Crippen LogP contribution in [0.25, 0.3) is 10.2 Å². The molecule has 0 aliphatic heterocycles. The third-order valence-electron chi connectivity index (χ3n) is 4.45. The standard InChI is InChI=1S/C19H19ClN4O2S2/c1-24(9-16-22-14-6-7-27-17(14)18(25)23-16)19(26)21-12-4-5-13(20)15(8-12)28-10-11-2-3-11/h4-8,11H,2-3,9-10H2,1H3,(H,21,26)(H,22,23,25). The molecule has 2 amide bonds. The van der Waals surface area contributed by atoms with E-state index in [9.17, 15) is 9.59 Å². The number of hydrogen-bond donors (Lipinski definition) is 2. The van der Waals surface area contributed by atoms with Crippen molar-refractivity contribution in [3.8, 4) is 0 Å². The maximum Gasteiger partial charge on any atom is 0.321 e. The number of H-pyrrole nitrogens is 1. The van der Waals surface area contributed by atoms with Gasteiger partial charge in [-0.05, 0) is 48.4 Å². The van der Waals surface area contributed by atoms with E-state index in [1.807, 2.05) is 11.4 Å². The molecule has 1 aliphatic rings. The van der Waals surface area contributed by atoms with Gasteiger partial charge in [-0.1, -0.05) is 11.6 Å². The number of rotatable bonds is 6. The Hall–Kier alpha value is -2.03. The van der Waals surface area contributed by atoms with Gasteiger partial charge in [-0.2, -0.15) is 0 Å². The number of nitrogens with zero attached hydrogens (tertiary/aromatic N) is 2. The molecule has 1 fully saturated rings. The van der Waals surface area contributed by atoms with Crippen molar-refractivity contribution in [2.24, 2.45) is 5.92 Å². The van der Waals surface area contributed by atoms with Crippen molar-refractivity contribution in [1.29, 1.82) is 0 Å². The van der Waals surface area contributed by atoms with Crippen molar-refractivity contribution >= 4 is 56.6 Å². The predicted octanol–water partition coefficient (Wildman–Crippen LogP) is 4.80. The van der Waals surface area contributed by atoms with Gasteiger partial charge in [0.2, 0.25) is 0 Å². The highest BCUT2D eigenvalue weighted by atomic mass is 35.5. The molecular weight excluding hydrogens is 416 g/mol. The van der Waals surface area contributed by atoms with Gasteiger partial charge >= 0.3 is 6.03 Å². The van der Waals surface area contributed by atoms with Crippen LogP contribution < -0.4 is 10.9 Å². The summed E-state index contributed by atoms with van der Waals surface area (Å²) < 4.78 is 0.591. The normalized spacial score (nSPS) is 13.6. The summed E-state index contributed by atoms with van der Waals surface area (Å²) in [7, 11) is 1.66. The van der Waals surface area contributed by atoms with E-state index in [0.717, 1.165) is 16.6 Å². The Kier molecular flexibility index (Phi) is 5.61.